The lowest BCUT2D eigenvalue weighted by molar-refractivity contribution is -0.138. The lowest BCUT2D eigenvalue weighted by Crippen LogP contribution is -2.40. The fraction of sp³-hybridized carbons (Fsp3) is 0.167. The van der Waals surface area contributed by atoms with Crippen molar-refractivity contribution in [2.75, 3.05) is 20.8 Å². The molecule has 5 rings (SSSR count). The van der Waals surface area contributed by atoms with Crippen LogP contribution in [0.1, 0.15) is 29.7 Å². The number of fused-ring (bicyclic) bond motifs is 1. The van der Waals surface area contributed by atoms with E-state index >= 15 is 0 Å². The summed E-state index contributed by atoms with van der Waals surface area (Å²) in [5.41, 5.74) is 2.13. The molecule has 0 fully saturated rings. The fourth-order valence-corrected chi connectivity index (χ4v) is 5.52. The average molecular weight is 543 g/mol. The van der Waals surface area contributed by atoms with E-state index in [9.17, 15) is 14.7 Å². The molecule has 0 unspecified atom stereocenters. The molecule has 0 bridgehead atoms. The Balaban J connectivity index is 1.84. The Labute approximate surface area is 228 Å². The zero-order valence-corrected chi connectivity index (χ0v) is 22.4. The number of nitrogens with zero attached hydrogens (tertiary/aromatic N) is 2. The molecule has 3 aromatic carbocycles. The summed E-state index contributed by atoms with van der Waals surface area (Å²) in [6.45, 7) is 1.89. The van der Waals surface area contributed by atoms with Gasteiger partial charge in [0.1, 0.15) is 5.75 Å². The summed E-state index contributed by atoms with van der Waals surface area (Å²) in [5, 5.41) is 10.6. The van der Waals surface area contributed by atoms with Crippen molar-refractivity contribution in [2.24, 2.45) is 4.99 Å². The molecule has 2 heterocycles. The van der Waals surface area contributed by atoms with Gasteiger partial charge in [0.25, 0.3) is 5.56 Å². The number of benzene rings is 3. The number of carbonyl (C=O) groups is 1. The Hall–Kier alpha value is -4.63. The maximum absolute atomic E-state index is 14.0. The van der Waals surface area contributed by atoms with Gasteiger partial charge in [0, 0.05) is 11.1 Å². The largest absolute Gasteiger partial charge is 0.504 e. The number of hydrogen-bond donors (Lipinski definition) is 1. The molecule has 39 heavy (non-hydrogen) atoms. The van der Waals surface area contributed by atoms with Crippen molar-refractivity contribution < 1.29 is 24.1 Å². The molecule has 0 saturated carbocycles. The van der Waals surface area contributed by atoms with Gasteiger partial charge in [-0.3, -0.25) is 9.36 Å². The second-order valence-electron chi connectivity index (χ2n) is 8.61. The van der Waals surface area contributed by atoms with Gasteiger partial charge < -0.3 is 19.3 Å². The van der Waals surface area contributed by atoms with Gasteiger partial charge in [0.15, 0.2) is 16.3 Å². The van der Waals surface area contributed by atoms with Gasteiger partial charge in [-0.25, -0.2) is 9.79 Å². The van der Waals surface area contributed by atoms with E-state index in [1.54, 1.807) is 50.4 Å². The van der Waals surface area contributed by atoms with Gasteiger partial charge in [-0.2, -0.15) is 0 Å². The maximum atomic E-state index is 14.0. The number of hydrogen-bond acceptors (Lipinski definition) is 8. The van der Waals surface area contributed by atoms with E-state index in [4.69, 9.17) is 19.2 Å². The smallest absolute Gasteiger partial charge is 0.338 e. The number of phenolic OH excluding ortho intramolecular Hbond substituents is 1. The Morgan fingerprint density at radius 1 is 1.05 bits per heavy atom. The summed E-state index contributed by atoms with van der Waals surface area (Å²) in [7, 11) is 3.02. The van der Waals surface area contributed by atoms with Crippen molar-refractivity contribution in [2.45, 2.75) is 13.0 Å². The molecule has 0 amide bonds. The Morgan fingerprint density at radius 3 is 2.54 bits per heavy atom. The molecule has 9 heteroatoms. The van der Waals surface area contributed by atoms with Crippen molar-refractivity contribution in [3.05, 3.63) is 115 Å². The van der Waals surface area contributed by atoms with E-state index in [1.807, 2.05) is 42.5 Å². The number of para-hydroxylation sites is 1. The molecule has 198 valence electrons. The van der Waals surface area contributed by atoms with Gasteiger partial charge in [-0.1, -0.05) is 65.9 Å². The van der Waals surface area contributed by atoms with Gasteiger partial charge in [-0.05, 0) is 36.8 Å². The van der Waals surface area contributed by atoms with Crippen LogP contribution in [0.5, 0.6) is 17.2 Å². The highest BCUT2D eigenvalue weighted by Gasteiger charge is 2.35. The van der Waals surface area contributed by atoms with E-state index < -0.39 is 12.0 Å². The molecule has 8 nitrogen and oxygen atoms in total. The van der Waals surface area contributed by atoms with Gasteiger partial charge >= 0.3 is 5.97 Å². The number of ether oxygens (including phenoxy) is 3. The van der Waals surface area contributed by atoms with Gasteiger partial charge in [0.2, 0.25) is 0 Å². The molecule has 0 spiro atoms. The topological polar surface area (TPSA) is 99.4 Å². The van der Waals surface area contributed by atoms with Crippen molar-refractivity contribution in [1.82, 2.24) is 4.57 Å². The normalized spacial score (nSPS) is 14.9. The molecule has 4 aromatic rings. The lowest BCUT2D eigenvalue weighted by Gasteiger charge is -2.26. The minimum atomic E-state index is -0.827. The average Bonchev–Trinajstić information content (AvgIpc) is 3.28. The standard InChI is InChI=1S/C30H26N2O6S/c1-4-38-29(35)24-25(18-10-6-5-7-11-18)31-30-32(26(24)19-12-8-14-21(16-19)36-2)28(34)23(39-30)17-20-13-9-15-22(37-3)27(20)33/h5-17,26,33H,4H2,1-3H3/b23-17-/t26-/m0/s1. The predicted molar refractivity (Wildman–Crippen MR) is 149 cm³/mol. The number of esters is 1. The van der Waals surface area contributed by atoms with Crippen molar-refractivity contribution >= 4 is 29.1 Å². The van der Waals surface area contributed by atoms with Crippen molar-refractivity contribution in [1.29, 1.82) is 0 Å². The molecule has 0 aliphatic carbocycles. The molecule has 1 N–H and O–H groups in total. The van der Waals surface area contributed by atoms with Crippen LogP contribution in [0.3, 0.4) is 0 Å². The fourth-order valence-electron chi connectivity index (χ4n) is 4.53. The zero-order chi connectivity index (χ0) is 27.5. The SMILES string of the molecule is CCOC(=O)C1=C(c2ccccc2)N=c2s/c(=C\c3cccc(OC)c3O)c(=O)n2[C@H]1c1cccc(OC)c1. The number of aromatic nitrogens is 1. The number of carbonyl (C=O) groups excluding carboxylic acids is 1. The second kappa shape index (κ2) is 11.0. The van der Waals surface area contributed by atoms with Crippen LogP contribution in [0, 0.1) is 0 Å². The molecular formula is C30H26N2O6S. The number of aromatic hydroxyl groups is 1. The number of phenols is 1. The van der Waals surface area contributed by atoms with Gasteiger partial charge in [-0.15, -0.1) is 0 Å². The zero-order valence-electron chi connectivity index (χ0n) is 21.6. The molecule has 0 radical (unpaired) electrons. The summed E-state index contributed by atoms with van der Waals surface area (Å²) in [4.78, 5) is 32.7. The van der Waals surface area contributed by atoms with Crippen molar-refractivity contribution in [3.63, 3.8) is 0 Å². The first kappa shape index (κ1) is 26.0. The first-order chi connectivity index (χ1) is 19.0. The third-order valence-electron chi connectivity index (χ3n) is 6.32. The number of rotatable bonds is 7. The van der Waals surface area contributed by atoms with Crippen LogP contribution < -0.4 is 24.4 Å². The van der Waals surface area contributed by atoms with Gasteiger partial charge in [0.05, 0.1) is 42.7 Å². The van der Waals surface area contributed by atoms with Crippen LogP contribution in [0.2, 0.25) is 0 Å². The highest BCUT2D eigenvalue weighted by molar-refractivity contribution is 7.07. The summed E-state index contributed by atoms with van der Waals surface area (Å²) >= 11 is 1.17. The van der Waals surface area contributed by atoms with E-state index in [2.05, 4.69) is 0 Å². The third-order valence-corrected chi connectivity index (χ3v) is 7.30. The van der Waals surface area contributed by atoms with Crippen LogP contribution in [-0.4, -0.2) is 36.5 Å². The minimum absolute atomic E-state index is 0.0765. The summed E-state index contributed by atoms with van der Waals surface area (Å²) < 4.78 is 18.0. The van der Waals surface area contributed by atoms with E-state index in [-0.39, 0.29) is 23.5 Å². The second-order valence-corrected chi connectivity index (χ2v) is 9.62. The molecular weight excluding hydrogens is 516 g/mol. The first-order valence-electron chi connectivity index (χ1n) is 12.2. The van der Waals surface area contributed by atoms with Crippen molar-refractivity contribution in [3.8, 4) is 17.2 Å². The highest BCUT2D eigenvalue weighted by Crippen LogP contribution is 2.36. The number of methoxy groups -OCH3 is 2. The van der Waals surface area contributed by atoms with Crippen LogP contribution in [0.15, 0.2) is 88.2 Å². The maximum Gasteiger partial charge on any atom is 0.338 e. The minimum Gasteiger partial charge on any atom is -0.504 e. The highest BCUT2D eigenvalue weighted by atomic mass is 32.1. The van der Waals surface area contributed by atoms with E-state index in [0.29, 0.717) is 37.7 Å². The molecule has 1 aliphatic rings. The monoisotopic (exact) mass is 542 g/mol. The summed E-state index contributed by atoms with van der Waals surface area (Å²) in [6.07, 6.45) is 1.60. The molecule has 1 aliphatic heterocycles. The summed E-state index contributed by atoms with van der Waals surface area (Å²) in [5.74, 6) is 0.235. The van der Waals surface area contributed by atoms with E-state index in [1.165, 1.54) is 23.0 Å². The lowest BCUT2D eigenvalue weighted by atomic mass is 9.93. The summed E-state index contributed by atoms with van der Waals surface area (Å²) in [6, 6.07) is 20.8. The van der Waals surface area contributed by atoms with Crippen LogP contribution in [-0.2, 0) is 9.53 Å². The Morgan fingerprint density at radius 2 is 1.82 bits per heavy atom. The first-order valence-corrected chi connectivity index (χ1v) is 13.1. The van der Waals surface area contributed by atoms with E-state index in [0.717, 1.165) is 5.56 Å². The van der Waals surface area contributed by atoms with Crippen LogP contribution >= 0.6 is 11.3 Å². The Kier molecular flexibility index (Phi) is 7.33. The number of thiazole rings is 1. The Bertz CT molecular complexity index is 1750. The van der Waals surface area contributed by atoms with Crippen LogP contribution in [0.25, 0.3) is 11.8 Å². The molecule has 0 saturated heterocycles. The predicted octanol–water partition coefficient (Wildman–Crippen LogP) is 3.66. The molecule has 1 aromatic heterocycles. The molecule has 1 atom stereocenters. The van der Waals surface area contributed by atoms with Crippen LogP contribution in [0.4, 0.5) is 0 Å². The quantitative estimate of drug-likeness (QED) is 0.358. The third kappa shape index (κ3) is 4.84.